The number of ether oxygens (including phenoxy) is 1. The van der Waals surface area contributed by atoms with Gasteiger partial charge in [0.2, 0.25) is 5.91 Å². The lowest BCUT2D eigenvalue weighted by Crippen LogP contribution is -2.56. The quantitative estimate of drug-likeness (QED) is 0.857. The van der Waals surface area contributed by atoms with Crippen LogP contribution in [0.4, 0.5) is 4.39 Å². The number of aryl methyl sites for hydroxylation is 1. The summed E-state index contributed by atoms with van der Waals surface area (Å²) < 4.78 is 18.5. The molecule has 1 heterocycles. The highest BCUT2D eigenvalue weighted by atomic mass is 35.5. The minimum Gasteiger partial charge on any atom is -0.378 e. The second-order valence-corrected chi connectivity index (χ2v) is 4.43. The van der Waals surface area contributed by atoms with Crippen LogP contribution in [-0.2, 0) is 14.9 Å². The molecule has 0 unspecified atom stereocenters. The predicted octanol–water partition coefficient (Wildman–Crippen LogP) is 1.54. The first-order valence-electron chi connectivity index (χ1n) is 4.81. The molecule has 3 nitrogen and oxygen atoms in total. The van der Waals surface area contributed by atoms with Crippen LogP contribution in [0.15, 0.2) is 12.1 Å². The average molecular weight is 244 g/mol. The Morgan fingerprint density at radius 3 is 2.62 bits per heavy atom. The van der Waals surface area contributed by atoms with E-state index in [1.165, 1.54) is 12.1 Å². The molecule has 1 aromatic carbocycles. The number of nitrogens with two attached hydrogens (primary N) is 1. The van der Waals surface area contributed by atoms with Crippen LogP contribution >= 0.6 is 11.6 Å². The predicted molar refractivity (Wildman–Crippen MR) is 57.8 cm³/mol. The van der Waals surface area contributed by atoms with Crippen LogP contribution in [0.5, 0.6) is 0 Å². The molecule has 1 aromatic rings. The zero-order valence-electron chi connectivity index (χ0n) is 8.72. The summed E-state index contributed by atoms with van der Waals surface area (Å²) in [6, 6.07) is 2.76. The van der Waals surface area contributed by atoms with Gasteiger partial charge in [-0.2, -0.15) is 0 Å². The molecular formula is C11H11ClFNO2. The van der Waals surface area contributed by atoms with Gasteiger partial charge in [0, 0.05) is 5.02 Å². The summed E-state index contributed by atoms with van der Waals surface area (Å²) in [5.41, 5.74) is 5.21. The number of primary amides is 1. The van der Waals surface area contributed by atoms with Gasteiger partial charge in [-0.05, 0) is 30.2 Å². The zero-order chi connectivity index (χ0) is 11.9. The summed E-state index contributed by atoms with van der Waals surface area (Å²) in [7, 11) is 0. The highest BCUT2D eigenvalue weighted by Crippen LogP contribution is 2.37. The van der Waals surface area contributed by atoms with Crippen molar-refractivity contribution in [2.75, 3.05) is 13.2 Å². The lowest BCUT2D eigenvalue weighted by Gasteiger charge is -2.39. The van der Waals surface area contributed by atoms with E-state index >= 15 is 0 Å². The van der Waals surface area contributed by atoms with Crippen LogP contribution in [0, 0.1) is 12.7 Å². The largest absolute Gasteiger partial charge is 0.378 e. The maximum Gasteiger partial charge on any atom is 0.232 e. The van der Waals surface area contributed by atoms with Gasteiger partial charge in [-0.3, -0.25) is 4.79 Å². The molecular weight excluding hydrogens is 233 g/mol. The van der Waals surface area contributed by atoms with Crippen LogP contribution in [-0.4, -0.2) is 19.1 Å². The first-order valence-corrected chi connectivity index (χ1v) is 5.19. The molecule has 0 saturated carbocycles. The van der Waals surface area contributed by atoms with E-state index in [0.717, 1.165) is 0 Å². The van der Waals surface area contributed by atoms with Gasteiger partial charge in [-0.1, -0.05) is 11.6 Å². The Kier molecular flexibility index (Phi) is 2.64. The molecule has 1 saturated heterocycles. The zero-order valence-corrected chi connectivity index (χ0v) is 9.47. The van der Waals surface area contributed by atoms with Crippen molar-refractivity contribution in [3.05, 3.63) is 34.1 Å². The second-order valence-electron chi connectivity index (χ2n) is 4.02. The lowest BCUT2D eigenvalue weighted by atomic mass is 9.77. The van der Waals surface area contributed by atoms with Crippen LogP contribution in [0.3, 0.4) is 0 Å². The molecule has 0 radical (unpaired) electrons. The number of amides is 1. The summed E-state index contributed by atoms with van der Waals surface area (Å²) >= 11 is 6.01. The molecule has 86 valence electrons. The smallest absolute Gasteiger partial charge is 0.232 e. The van der Waals surface area contributed by atoms with Gasteiger partial charge < -0.3 is 10.5 Å². The molecule has 5 heteroatoms. The summed E-state index contributed by atoms with van der Waals surface area (Å²) in [6.07, 6.45) is 0. The van der Waals surface area contributed by atoms with E-state index in [-0.39, 0.29) is 13.2 Å². The van der Waals surface area contributed by atoms with Crippen molar-refractivity contribution in [1.29, 1.82) is 0 Å². The van der Waals surface area contributed by atoms with Gasteiger partial charge >= 0.3 is 0 Å². The van der Waals surface area contributed by atoms with Crippen molar-refractivity contribution < 1.29 is 13.9 Å². The third-order valence-electron chi connectivity index (χ3n) is 2.93. The average Bonchev–Trinajstić information content (AvgIpc) is 2.11. The fourth-order valence-electron chi connectivity index (χ4n) is 1.75. The van der Waals surface area contributed by atoms with Crippen molar-refractivity contribution in [3.63, 3.8) is 0 Å². The van der Waals surface area contributed by atoms with Gasteiger partial charge in [-0.15, -0.1) is 0 Å². The van der Waals surface area contributed by atoms with E-state index in [1.807, 2.05) is 0 Å². The fourth-order valence-corrected chi connectivity index (χ4v) is 2.15. The maximum absolute atomic E-state index is 13.5. The molecule has 0 bridgehead atoms. The number of halogens is 2. The van der Waals surface area contributed by atoms with Gasteiger partial charge in [0.1, 0.15) is 11.2 Å². The van der Waals surface area contributed by atoms with Gasteiger partial charge in [-0.25, -0.2) is 4.39 Å². The summed E-state index contributed by atoms with van der Waals surface area (Å²) in [6.45, 7) is 1.92. The molecule has 1 fully saturated rings. The number of carbonyl (C=O) groups is 1. The Hall–Kier alpha value is -1.13. The first kappa shape index (κ1) is 11.4. The maximum atomic E-state index is 13.5. The van der Waals surface area contributed by atoms with Crippen LogP contribution < -0.4 is 5.73 Å². The third kappa shape index (κ3) is 1.49. The van der Waals surface area contributed by atoms with E-state index in [4.69, 9.17) is 22.1 Å². The molecule has 1 aliphatic heterocycles. The minimum absolute atomic E-state index is 0.157. The molecule has 0 aromatic heterocycles. The third-order valence-corrected chi connectivity index (χ3v) is 3.25. The standard InChI is InChI=1S/C11H11ClFNO2/c1-6-2-8(12)7(3-9(6)13)11(10(14)15)4-16-5-11/h2-3H,4-5H2,1H3,(H2,14,15). The first-order chi connectivity index (χ1) is 7.47. The van der Waals surface area contributed by atoms with Gasteiger partial charge in [0.05, 0.1) is 13.2 Å². The Balaban J connectivity index is 2.55. The Morgan fingerprint density at radius 2 is 2.19 bits per heavy atom. The van der Waals surface area contributed by atoms with Crippen LogP contribution in [0.2, 0.25) is 5.02 Å². The molecule has 0 atom stereocenters. The number of benzene rings is 1. The van der Waals surface area contributed by atoms with E-state index in [9.17, 15) is 9.18 Å². The van der Waals surface area contributed by atoms with E-state index < -0.39 is 17.1 Å². The van der Waals surface area contributed by atoms with Crippen molar-refractivity contribution >= 4 is 17.5 Å². The lowest BCUT2D eigenvalue weighted by molar-refractivity contribution is -0.141. The topological polar surface area (TPSA) is 52.3 Å². The fraction of sp³-hybridized carbons (Fsp3) is 0.364. The molecule has 2 N–H and O–H groups in total. The van der Waals surface area contributed by atoms with Crippen molar-refractivity contribution in [1.82, 2.24) is 0 Å². The minimum atomic E-state index is -0.967. The van der Waals surface area contributed by atoms with Gasteiger partial charge in [0.25, 0.3) is 0 Å². The van der Waals surface area contributed by atoms with Crippen LogP contribution in [0.1, 0.15) is 11.1 Å². The molecule has 1 aliphatic rings. The Bertz CT molecular complexity index is 458. The number of rotatable bonds is 2. The SMILES string of the molecule is Cc1cc(Cl)c(C2(C(N)=O)COC2)cc1F. The van der Waals surface area contributed by atoms with E-state index in [0.29, 0.717) is 16.1 Å². The molecule has 16 heavy (non-hydrogen) atoms. The summed E-state index contributed by atoms with van der Waals surface area (Å²) in [5, 5.41) is 0.348. The van der Waals surface area contributed by atoms with Crippen molar-refractivity contribution in [2.24, 2.45) is 5.73 Å². The molecule has 0 spiro atoms. The van der Waals surface area contributed by atoms with Crippen molar-refractivity contribution in [3.8, 4) is 0 Å². The summed E-state index contributed by atoms with van der Waals surface area (Å²) in [4.78, 5) is 11.4. The molecule has 2 rings (SSSR count). The summed E-state index contributed by atoms with van der Waals surface area (Å²) in [5.74, 6) is -0.934. The number of hydrogen-bond donors (Lipinski definition) is 1. The highest BCUT2D eigenvalue weighted by molar-refractivity contribution is 6.32. The van der Waals surface area contributed by atoms with Crippen LogP contribution in [0.25, 0.3) is 0 Å². The second kappa shape index (κ2) is 3.71. The van der Waals surface area contributed by atoms with E-state index in [1.54, 1.807) is 6.92 Å². The number of hydrogen-bond acceptors (Lipinski definition) is 2. The number of carbonyl (C=O) groups excluding carboxylic acids is 1. The van der Waals surface area contributed by atoms with Gasteiger partial charge in [0.15, 0.2) is 0 Å². The highest BCUT2D eigenvalue weighted by Gasteiger charge is 2.47. The normalized spacial score (nSPS) is 17.9. The van der Waals surface area contributed by atoms with Crippen molar-refractivity contribution in [2.45, 2.75) is 12.3 Å². The van der Waals surface area contributed by atoms with E-state index in [2.05, 4.69) is 0 Å². The molecule has 1 amide bonds. The monoisotopic (exact) mass is 243 g/mol. The molecule has 0 aliphatic carbocycles. The Morgan fingerprint density at radius 1 is 1.56 bits per heavy atom. The Labute approximate surface area is 97.3 Å².